The minimum atomic E-state index is -2.40. The van der Waals surface area contributed by atoms with Crippen molar-refractivity contribution in [1.82, 2.24) is 0 Å². The van der Waals surface area contributed by atoms with Crippen molar-refractivity contribution in [2.75, 3.05) is 30.1 Å². The Morgan fingerprint density at radius 2 is 1.79 bits per heavy atom. The highest BCUT2D eigenvalue weighted by molar-refractivity contribution is 6.91. The van der Waals surface area contributed by atoms with E-state index in [2.05, 4.69) is 25.2 Å². The Bertz CT molecular complexity index is 1700. The molecule has 2 amide bonds. The number of non-ortho nitro benzene ring substituents is 1. The highest BCUT2D eigenvalue weighted by atomic mass is 28.3. The molecule has 6 rings (SSSR count). The van der Waals surface area contributed by atoms with E-state index in [0.29, 0.717) is 30.6 Å². The molecule has 0 unspecified atom stereocenters. The second-order valence-corrected chi connectivity index (χ2v) is 18.6. The second kappa shape index (κ2) is 13.4. The van der Waals surface area contributed by atoms with Crippen LogP contribution in [0.1, 0.15) is 56.6 Å². The van der Waals surface area contributed by atoms with E-state index in [0.717, 1.165) is 42.7 Å². The smallest absolute Gasteiger partial charge is 0.269 e. The van der Waals surface area contributed by atoms with Crippen LogP contribution in [0.25, 0.3) is 0 Å². The number of rotatable bonds is 9. The number of amides is 2. The topological polar surface area (TPSA) is 122 Å². The lowest BCUT2D eigenvalue weighted by Crippen LogP contribution is -2.51. The molecular formula is C37H45N3O7Si. The molecular weight excluding hydrogens is 627 g/mol. The Morgan fingerprint density at radius 3 is 2.50 bits per heavy atom. The lowest BCUT2D eigenvalue weighted by molar-refractivity contribution is -0.385. The lowest BCUT2D eigenvalue weighted by atomic mass is 9.82. The van der Waals surface area contributed by atoms with Gasteiger partial charge in [0, 0.05) is 48.9 Å². The number of nitrogens with zero attached hydrogens (tertiary/aromatic N) is 3. The summed E-state index contributed by atoms with van der Waals surface area (Å²) in [4.78, 5) is 43.1. The first kappa shape index (κ1) is 33.8. The molecule has 3 aromatic rings. The van der Waals surface area contributed by atoms with Gasteiger partial charge in [-0.3, -0.25) is 19.7 Å². The number of hydrogen-bond acceptors (Lipinski definition) is 7. The molecule has 3 aliphatic heterocycles. The second-order valence-electron chi connectivity index (χ2n) is 13.9. The summed E-state index contributed by atoms with van der Waals surface area (Å²) in [5, 5.41) is 23.4. The van der Waals surface area contributed by atoms with Gasteiger partial charge in [-0.2, -0.15) is 0 Å². The van der Waals surface area contributed by atoms with E-state index in [1.165, 1.54) is 17.3 Å². The van der Waals surface area contributed by atoms with Crippen LogP contribution in [0.2, 0.25) is 18.6 Å². The molecule has 11 heteroatoms. The third-order valence-electron chi connectivity index (χ3n) is 10.8. The van der Waals surface area contributed by atoms with Crippen LogP contribution in [0.3, 0.4) is 0 Å². The van der Waals surface area contributed by atoms with Gasteiger partial charge in [0.05, 0.1) is 38.4 Å². The van der Waals surface area contributed by atoms with Crippen LogP contribution in [0.15, 0.2) is 66.7 Å². The number of aliphatic hydroxyl groups is 1. The molecule has 48 heavy (non-hydrogen) atoms. The number of carbonyl (C=O) groups is 2. The van der Waals surface area contributed by atoms with Crippen molar-refractivity contribution in [3.63, 3.8) is 0 Å². The molecule has 2 saturated heterocycles. The molecule has 1 spiro atoms. The average Bonchev–Trinajstić information content (AvgIpc) is 3.49. The van der Waals surface area contributed by atoms with Crippen LogP contribution in [-0.4, -0.2) is 56.3 Å². The van der Waals surface area contributed by atoms with Crippen molar-refractivity contribution >= 4 is 42.1 Å². The van der Waals surface area contributed by atoms with Crippen molar-refractivity contribution in [3.05, 3.63) is 88.0 Å². The summed E-state index contributed by atoms with van der Waals surface area (Å²) in [5.41, 5.74) is 1.08. The normalized spacial score (nSPS) is 24.5. The van der Waals surface area contributed by atoms with Crippen LogP contribution in [0, 0.1) is 16.0 Å². The predicted molar refractivity (Wildman–Crippen MR) is 187 cm³/mol. The maximum absolute atomic E-state index is 15.0. The van der Waals surface area contributed by atoms with Gasteiger partial charge in [-0.25, -0.2) is 0 Å². The van der Waals surface area contributed by atoms with E-state index >= 15 is 0 Å². The number of hydrogen-bond donors (Lipinski definition) is 1. The summed E-state index contributed by atoms with van der Waals surface area (Å²) < 4.78 is 12.3. The molecule has 254 valence electrons. The summed E-state index contributed by atoms with van der Waals surface area (Å²) in [6.07, 6.45) is 4.40. The fraction of sp³-hybridized carbons (Fsp3) is 0.459. The Morgan fingerprint density at radius 1 is 1.04 bits per heavy atom. The molecule has 10 nitrogen and oxygen atoms in total. The number of benzene rings is 3. The van der Waals surface area contributed by atoms with Gasteiger partial charge in [0.25, 0.3) is 11.6 Å². The van der Waals surface area contributed by atoms with Gasteiger partial charge in [-0.1, -0.05) is 62.3 Å². The molecule has 0 aromatic heterocycles. The van der Waals surface area contributed by atoms with Crippen molar-refractivity contribution in [1.29, 1.82) is 0 Å². The highest BCUT2D eigenvalue weighted by Crippen LogP contribution is 2.60. The van der Waals surface area contributed by atoms with E-state index in [1.54, 1.807) is 18.1 Å². The molecule has 2 fully saturated rings. The van der Waals surface area contributed by atoms with Crippen molar-refractivity contribution in [2.45, 2.75) is 82.3 Å². The maximum Gasteiger partial charge on any atom is 0.269 e. The molecule has 4 atom stereocenters. The van der Waals surface area contributed by atoms with Crippen molar-refractivity contribution < 1.29 is 29.1 Å². The van der Waals surface area contributed by atoms with Crippen molar-refractivity contribution in [2.24, 2.45) is 5.92 Å². The summed E-state index contributed by atoms with van der Waals surface area (Å²) in [7, 11) is -0.766. The van der Waals surface area contributed by atoms with Crippen LogP contribution in [0.5, 0.6) is 5.75 Å². The van der Waals surface area contributed by atoms with Gasteiger partial charge in [0.1, 0.15) is 5.75 Å². The Balaban J connectivity index is 1.40. The average molecular weight is 672 g/mol. The molecule has 0 saturated carbocycles. The number of fused-ring (bicyclic) bond motifs is 2. The monoisotopic (exact) mass is 671 g/mol. The zero-order valence-electron chi connectivity index (χ0n) is 28.2. The SMILES string of the molecule is COc1ccc([Si](C)(C)[C@H]2[C@H](CCO)O[C@@]3(C(=O)N(Cc4cccc(N5CCCCCCC5=O)c4)c4ccc([N+](=O)[O-])cc43)[C@@H]2C)cc1. The number of anilines is 2. The van der Waals surface area contributed by atoms with Crippen LogP contribution < -0.4 is 19.7 Å². The third kappa shape index (κ3) is 5.81. The van der Waals surface area contributed by atoms with Gasteiger partial charge in [0.2, 0.25) is 5.91 Å². The summed E-state index contributed by atoms with van der Waals surface area (Å²) in [6.45, 7) is 7.30. The molecule has 0 aliphatic carbocycles. The Kier molecular flexibility index (Phi) is 9.48. The van der Waals surface area contributed by atoms with E-state index < -0.39 is 24.7 Å². The van der Waals surface area contributed by atoms with E-state index in [-0.39, 0.29) is 42.1 Å². The van der Waals surface area contributed by atoms with Gasteiger partial charge in [0.15, 0.2) is 5.60 Å². The molecule has 0 radical (unpaired) electrons. The van der Waals surface area contributed by atoms with E-state index in [9.17, 15) is 24.8 Å². The Labute approximate surface area is 282 Å². The van der Waals surface area contributed by atoms with Gasteiger partial charge >= 0.3 is 0 Å². The van der Waals surface area contributed by atoms with Crippen LogP contribution >= 0.6 is 0 Å². The molecule has 1 N–H and O–H groups in total. The molecule has 3 aliphatic rings. The summed E-state index contributed by atoms with van der Waals surface area (Å²) >= 11 is 0. The van der Waals surface area contributed by atoms with Crippen LogP contribution in [-0.2, 0) is 26.5 Å². The predicted octanol–water partition coefficient (Wildman–Crippen LogP) is 6.05. The maximum atomic E-state index is 15.0. The summed E-state index contributed by atoms with van der Waals surface area (Å²) in [6, 6.07) is 20.4. The number of aliphatic hydroxyl groups excluding tert-OH is 1. The van der Waals surface area contributed by atoms with Crippen LogP contribution in [0.4, 0.5) is 17.1 Å². The zero-order chi connectivity index (χ0) is 34.2. The quantitative estimate of drug-likeness (QED) is 0.167. The number of nitro groups is 1. The van der Waals surface area contributed by atoms with E-state index in [4.69, 9.17) is 9.47 Å². The largest absolute Gasteiger partial charge is 0.497 e. The number of methoxy groups -OCH3 is 1. The van der Waals surface area contributed by atoms with Crippen molar-refractivity contribution in [3.8, 4) is 5.75 Å². The third-order valence-corrected chi connectivity index (χ3v) is 15.2. The first-order valence-corrected chi connectivity index (χ1v) is 20.0. The molecule has 0 bridgehead atoms. The number of nitro benzene ring substituents is 1. The number of ether oxygens (including phenoxy) is 2. The van der Waals surface area contributed by atoms with E-state index in [1.807, 2.05) is 48.2 Å². The zero-order valence-corrected chi connectivity index (χ0v) is 29.2. The minimum absolute atomic E-state index is 0.0875. The minimum Gasteiger partial charge on any atom is -0.497 e. The molecule has 3 heterocycles. The van der Waals surface area contributed by atoms with Gasteiger partial charge in [-0.15, -0.1) is 0 Å². The highest BCUT2D eigenvalue weighted by Gasteiger charge is 2.66. The number of carbonyl (C=O) groups excluding carboxylic acids is 2. The standard InChI is InChI=1S/C37H45N3O7Si/c1-25-35(48(3,4)30-16-14-29(46-2)15-17-30)33(19-21-41)47-37(25)31-23-28(40(44)45)13-18-32(31)39(36(37)43)24-26-10-9-11-27(22-26)38-20-8-6-5-7-12-34(38)42/h9-11,13-18,22-23,25,33,35,41H,5-8,12,19-21,24H2,1-4H3/t25-,33+,35-,37+/m1/s1. The molecule has 3 aromatic carbocycles. The lowest BCUT2D eigenvalue weighted by Gasteiger charge is -2.37. The first-order valence-electron chi connectivity index (χ1n) is 17.0. The van der Waals surface area contributed by atoms with Gasteiger partial charge < -0.3 is 24.4 Å². The fourth-order valence-corrected chi connectivity index (χ4v) is 12.5. The summed E-state index contributed by atoms with van der Waals surface area (Å²) in [5.74, 6) is 0.257. The fourth-order valence-electron chi connectivity index (χ4n) is 8.41. The first-order chi connectivity index (χ1) is 23.0. The van der Waals surface area contributed by atoms with Gasteiger partial charge in [-0.05, 0) is 60.7 Å². The Hall–Kier alpha value is -4.06.